The fourth-order valence-corrected chi connectivity index (χ4v) is 1.79. The van der Waals surface area contributed by atoms with Crippen LogP contribution in [-0.4, -0.2) is 5.54 Å². The van der Waals surface area contributed by atoms with Gasteiger partial charge in [-0.2, -0.15) is 0 Å². The van der Waals surface area contributed by atoms with Gasteiger partial charge in [-0.25, -0.2) is 8.78 Å². The Morgan fingerprint density at radius 3 is 2.47 bits per heavy atom. The maximum Gasteiger partial charge on any atom is 0.126 e. The predicted molar refractivity (Wildman–Crippen MR) is 57.7 cm³/mol. The molecule has 0 bridgehead atoms. The van der Waals surface area contributed by atoms with Gasteiger partial charge in [-0.1, -0.05) is 6.92 Å². The van der Waals surface area contributed by atoms with E-state index in [1.807, 2.05) is 20.8 Å². The Hall–Kier alpha value is -0.960. The molecule has 0 aliphatic heterocycles. The lowest BCUT2D eigenvalue weighted by Gasteiger charge is -2.23. The fraction of sp³-hybridized carbons (Fsp3) is 0.500. The number of hydrogen-bond acceptors (Lipinski definition) is 1. The number of benzene rings is 1. The van der Waals surface area contributed by atoms with Crippen LogP contribution in [0.15, 0.2) is 18.2 Å². The zero-order valence-electron chi connectivity index (χ0n) is 9.35. The second-order valence-electron chi connectivity index (χ2n) is 4.76. The Morgan fingerprint density at radius 2 is 1.93 bits per heavy atom. The van der Waals surface area contributed by atoms with Gasteiger partial charge in [0.25, 0.3) is 0 Å². The molecule has 1 rings (SSSR count). The van der Waals surface area contributed by atoms with Gasteiger partial charge in [0.05, 0.1) is 0 Å². The van der Waals surface area contributed by atoms with Crippen molar-refractivity contribution in [3.63, 3.8) is 0 Å². The van der Waals surface area contributed by atoms with E-state index < -0.39 is 5.82 Å². The number of rotatable bonds is 3. The summed E-state index contributed by atoms with van der Waals surface area (Å²) in [6, 6.07) is 3.52. The summed E-state index contributed by atoms with van der Waals surface area (Å²) in [5.41, 5.74) is 5.87. The predicted octanol–water partition coefficient (Wildman–Crippen LogP) is 3.20. The molecule has 1 aromatic carbocycles. The lowest BCUT2D eigenvalue weighted by molar-refractivity contribution is 0.427. The van der Waals surface area contributed by atoms with Gasteiger partial charge >= 0.3 is 0 Å². The Labute approximate surface area is 89.3 Å². The van der Waals surface area contributed by atoms with Crippen molar-refractivity contribution in [2.45, 2.75) is 38.6 Å². The molecule has 0 saturated carbocycles. The van der Waals surface area contributed by atoms with Gasteiger partial charge in [-0.3, -0.25) is 0 Å². The monoisotopic (exact) mass is 213 g/mol. The largest absolute Gasteiger partial charge is 0.326 e. The SMILES string of the molecule is CC(CC(C)(C)N)c1cc(F)ccc1F. The normalized spacial score (nSPS) is 14.0. The van der Waals surface area contributed by atoms with Gasteiger partial charge in [0.1, 0.15) is 11.6 Å². The van der Waals surface area contributed by atoms with Crippen LogP contribution >= 0.6 is 0 Å². The first-order valence-electron chi connectivity index (χ1n) is 5.03. The third-order valence-electron chi connectivity index (χ3n) is 2.32. The van der Waals surface area contributed by atoms with Crippen molar-refractivity contribution in [1.29, 1.82) is 0 Å². The molecule has 0 fully saturated rings. The van der Waals surface area contributed by atoms with Gasteiger partial charge in [0, 0.05) is 5.54 Å². The van der Waals surface area contributed by atoms with Crippen molar-refractivity contribution in [2.75, 3.05) is 0 Å². The first kappa shape index (κ1) is 12.1. The van der Waals surface area contributed by atoms with E-state index in [2.05, 4.69) is 0 Å². The molecule has 84 valence electrons. The smallest absolute Gasteiger partial charge is 0.126 e. The Morgan fingerprint density at radius 1 is 1.33 bits per heavy atom. The minimum absolute atomic E-state index is 0.0827. The maximum absolute atomic E-state index is 13.4. The third kappa shape index (κ3) is 3.59. The molecule has 0 aliphatic rings. The average molecular weight is 213 g/mol. The van der Waals surface area contributed by atoms with Crippen molar-refractivity contribution in [3.8, 4) is 0 Å². The van der Waals surface area contributed by atoms with Gasteiger partial charge < -0.3 is 5.73 Å². The summed E-state index contributed by atoms with van der Waals surface area (Å²) >= 11 is 0. The molecule has 1 nitrogen and oxygen atoms in total. The summed E-state index contributed by atoms with van der Waals surface area (Å²) in [6.45, 7) is 5.61. The minimum atomic E-state index is -0.409. The Bertz CT molecular complexity index is 342. The second-order valence-corrected chi connectivity index (χ2v) is 4.76. The van der Waals surface area contributed by atoms with E-state index in [0.29, 0.717) is 12.0 Å². The van der Waals surface area contributed by atoms with E-state index in [4.69, 9.17) is 5.73 Å². The van der Waals surface area contributed by atoms with E-state index in [0.717, 1.165) is 12.1 Å². The van der Waals surface area contributed by atoms with Gasteiger partial charge in [-0.05, 0) is 49.9 Å². The van der Waals surface area contributed by atoms with Gasteiger partial charge in [-0.15, -0.1) is 0 Å². The summed E-state index contributed by atoms with van der Waals surface area (Å²) in [7, 11) is 0. The average Bonchev–Trinajstić information content (AvgIpc) is 2.06. The van der Waals surface area contributed by atoms with E-state index in [9.17, 15) is 8.78 Å². The molecule has 0 aliphatic carbocycles. The molecular formula is C12H17F2N. The van der Waals surface area contributed by atoms with E-state index >= 15 is 0 Å². The quantitative estimate of drug-likeness (QED) is 0.819. The van der Waals surface area contributed by atoms with Crippen LogP contribution in [0.5, 0.6) is 0 Å². The Balaban J connectivity index is 2.90. The molecule has 0 aromatic heterocycles. The summed E-state index contributed by atoms with van der Waals surface area (Å²) in [4.78, 5) is 0. The lowest BCUT2D eigenvalue weighted by atomic mass is 9.87. The molecule has 1 aromatic rings. The number of halogens is 2. The molecule has 3 heteroatoms. The van der Waals surface area contributed by atoms with Crippen molar-refractivity contribution in [1.82, 2.24) is 0 Å². The van der Waals surface area contributed by atoms with Crippen LogP contribution in [0.3, 0.4) is 0 Å². The summed E-state index contributed by atoms with van der Waals surface area (Å²) < 4.78 is 26.3. The van der Waals surface area contributed by atoms with Crippen LogP contribution in [0, 0.1) is 11.6 Å². The lowest BCUT2D eigenvalue weighted by Crippen LogP contribution is -2.33. The number of nitrogens with two attached hydrogens (primary N) is 1. The van der Waals surface area contributed by atoms with Crippen LogP contribution in [0.4, 0.5) is 8.78 Å². The Kier molecular flexibility index (Phi) is 3.45. The summed E-state index contributed by atoms with van der Waals surface area (Å²) in [5.74, 6) is -0.859. The highest BCUT2D eigenvalue weighted by Gasteiger charge is 2.19. The highest BCUT2D eigenvalue weighted by Crippen LogP contribution is 2.26. The molecule has 0 spiro atoms. The molecule has 0 saturated heterocycles. The van der Waals surface area contributed by atoms with Gasteiger partial charge in [0.2, 0.25) is 0 Å². The van der Waals surface area contributed by atoms with Crippen LogP contribution in [0.1, 0.15) is 38.7 Å². The zero-order valence-corrected chi connectivity index (χ0v) is 9.35. The molecule has 15 heavy (non-hydrogen) atoms. The van der Waals surface area contributed by atoms with Crippen LogP contribution < -0.4 is 5.73 Å². The topological polar surface area (TPSA) is 26.0 Å². The van der Waals surface area contributed by atoms with Crippen molar-refractivity contribution >= 4 is 0 Å². The summed E-state index contributed by atoms with van der Waals surface area (Å²) in [5, 5.41) is 0. The first-order chi connectivity index (χ1) is 6.79. The fourth-order valence-electron chi connectivity index (χ4n) is 1.79. The molecule has 0 radical (unpaired) electrons. The van der Waals surface area contributed by atoms with Crippen LogP contribution in [-0.2, 0) is 0 Å². The van der Waals surface area contributed by atoms with E-state index in [1.165, 1.54) is 6.07 Å². The number of hydrogen-bond donors (Lipinski definition) is 1. The zero-order chi connectivity index (χ0) is 11.6. The summed E-state index contributed by atoms with van der Waals surface area (Å²) in [6.07, 6.45) is 0.618. The van der Waals surface area contributed by atoms with Crippen LogP contribution in [0.25, 0.3) is 0 Å². The van der Waals surface area contributed by atoms with Crippen molar-refractivity contribution in [3.05, 3.63) is 35.4 Å². The van der Waals surface area contributed by atoms with E-state index in [-0.39, 0.29) is 17.3 Å². The van der Waals surface area contributed by atoms with Crippen molar-refractivity contribution < 1.29 is 8.78 Å². The standard InChI is InChI=1S/C12H17F2N/c1-8(7-12(2,3)15)10-6-9(13)4-5-11(10)14/h4-6,8H,7,15H2,1-3H3. The van der Waals surface area contributed by atoms with Gasteiger partial charge in [0.15, 0.2) is 0 Å². The maximum atomic E-state index is 13.4. The highest BCUT2D eigenvalue weighted by atomic mass is 19.1. The first-order valence-corrected chi connectivity index (χ1v) is 5.03. The molecule has 1 unspecified atom stereocenters. The second kappa shape index (κ2) is 4.27. The van der Waals surface area contributed by atoms with Crippen molar-refractivity contribution in [2.24, 2.45) is 5.73 Å². The third-order valence-corrected chi connectivity index (χ3v) is 2.32. The van der Waals surface area contributed by atoms with E-state index in [1.54, 1.807) is 0 Å². The minimum Gasteiger partial charge on any atom is -0.326 e. The molecule has 0 amide bonds. The highest BCUT2D eigenvalue weighted by molar-refractivity contribution is 5.22. The molecular weight excluding hydrogens is 196 g/mol. The van der Waals surface area contributed by atoms with Crippen LogP contribution in [0.2, 0.25) is 0 Å². The molecule has 1 atom stereocenters. The molecule has 0 heterocycles. The molecule has 2 N–H and O–H groups in total.